The van der Waals surface area contributed by atoms with Crippen molar-refractivity contribution in [1.29, 1.82) is 0 Å². The number of anilines is 1. The Hall–Kier alpha value is -2.42. The second-order valence-corrected chi connectivity index (χ2v) is 6.65. The Kier molecular flexibility index (Phi) is 3.29. The van der Waals surface area contributed by atoms with Gasteiger partial charge in [0.25, 0.3) is 0 Å². The van der Waals surface area contributed by atoms with Gasteiger partial charge in [-0.2, -0.15) is 5.10 Å². The van der Waals surface area contributed by atoms with Gasteiger partial charge in [0.05, 0.1) is 17.1 Å². The third kappa shape index (κ3) is 2.46. The topological polar surface area (TPSA) is 92.6 Å². The number of nitrogens with zero attached hydrogens (tertiary/aromatic N) is 6. The van der Waals surface area contributed by atoms with Crippen molar-refractivity contribution in [2.24, 2.45) is 7.05 Å². The molecular formula is C14H15N7OS. The second-order valence-electron chi connectivity index (χ2n) is 5.45. The Morgan fingerprint density at radius 2 is 2.30 bits per heavy atom. The molecule has 0 radical (unpaired) electrons. The van der Waals surface area contributed by atoms with Crippen LogP contribution in [0, 0.1) is 6.92 Å². The number of aromatic amines is 1. The number of imidazole rings is 1. The number of nitrogens with one attached hydrogen (secondary N) is 1. The van der Waals surface area contributed by atoms with E-state index in [0.29, 0.717) is 17.3 Å². The normalized spacial score (nSPS) is 18.3. The monoisotopic (exact) mass is 329 g/mol. The van der Waals surface area contributed by atoms with Gasteiger partial charge in [-0.1, -0.05) is 11.8 Å². The van der Waals surface area contributed by atoms with Crippen molar-refractivity contribution < 1.29 is 4.79 Å². The predicted octanol–water partition coefficient (Wildman–Crippen LogP) is 1.29. The van der Waals surface area contributed by atoms with Gasteiger partial charge >= 0.3 is 0 Å². The molecule has 0 unspecified atom stereocenters. The Bertz CT molecular complexity index is 853. The minimum absolute atomic E-state index is 0.0875. The van der Waals surface area contributed by atoms with Crippen molar-refractivity contribution in [1.82, 2.24) is 29.7 Å². The Morgan fingerprint density at radius 3 is 3.04 bits per heavy atom. The number of H-pyrrole nitrogens is 1. The smallest absolute Gasteiger partial charge is 0.241 e. The molecule has 0 aliphatic carbocycles. The van der Waals surface area contributed by atoms with Gasteiger partial charge in [-0.05, 0) is 13.3 Å². The van der Waals surface area contributed by atoms with E-state index in [1.54, 1.807) is 15.8 Å². The van der Waals surface area contributed by atoms with Crippen LogP contribution in [0.2, 0.25) is 0 Å². The number of aromatic nitrogens is 6. The molecule has 1 N–H and O–H groups in total. The van der Waals surface area contributed by atoms with Gasteiger partial charge in [0.1, 0.15) is 17.7 Å². The summed E-state index contributed by atoms with van der Waals surface area (Å²) in [4.78, 5) is 30.1. The maximum atomic E-state index is 12.7. The third-order valence-electron chi connectivity index (χ3n) is 3.80. The van der Waals surface area contributed by atoms with Crippen LogP contribution < -0.4 is 4.90 Å². The van der Waals surface area contributed by atoms with Crippen LogP contribution in [0.15, 0.2) is 23.7 Å². The first-order valence-corrected chi connectivity index (χ1v) is 8.14. The first-order valence-electron chi connectivity index (χ1n) is 7.26. The number of fused-ring (bicyclic) bond motifs is 1. The average molecular weight is 329 g/mol. The van der Waals surface area contributed by atoms with Gasteiger partial charge < -0.3 is 4.98 Å². The summed E-state index contributed by atoms with van der Waals surface area (Å²) >= 11 is 1.44. The van der Waals surface area contributed by atoms with Crippen LogP contribution in [0.3, 0.4) is 0 Å². The standard InChI is InChI=1S/C14H15N7OS/c1-8-5-11(20(2)19-8)21-4-3-10(13(21)22)23-14-17-9-6-15-7-16-12(9)18-14/h5-7,10H,3-4H2,1-2H3,(H,15,16,17,18)/t10-/m0/s1. The van der Waals surface area contributed by atoms with Crippen molar-refractivity contribution in [3.05, 3.63) is 24.3 Å². The van der Waals surface area contributed by atoms with Crippen LogP contribution in [0.5, 0.6) is 0 Å². The van der Waals surface area contributed by atoms with Crippen molar-refractivity contribution >= 4 is 34.7 Å². The number of aryl methyl sites for hydroxylation is 2. The van der Waals surface area contributed by atoms with Crippen LogP contribution in [0.4, 0.5) is 5.82 Å². The van der Waals surface area contributed by atoms with Crippen LogP contribution in [-0.2, 0) is 11.8 Å². The molecule has 1 fully saturated rings. The maximum absolute atomic E-state index is 12.7. The quantitative estimate of drug-likeness (QED) is 0.778. The fraction of sp³-hybridized carbons (Fsp3) is 0.357. The number of carbonyl (C=O) groups is 1. The molecule has 118 valence electrons. The minimum atomic E-state index is -0.154. The lowest BCUT2D eigenvalue weighted by Gasteiger charge is -2.15. The highest BCUT2D eigenvalue weighted by Gasteiger charge is 2.35. The fourth-order valence-electron chi connectivity index (χ4n) is 2.77. The summed E-state index contributed by atoms with van der Waals surface area (Å²) < 4.78 is 1.75. The summed E-state index contributed by atoms with van der Waals surface area (Å²) in [7, 11) is 1.86. The summed E-state index contributed by atoms with van der Waals surface area (Å²) in [5.41, 5.74) is 2.30. The number of hydrogen-bond donors (Lipinski definition) is 1. The molecule has 9 heteroatoms. The number of thioether (sulfide) groups is 1. The minimum Gasteiger partial charge on any atom is -0.330 e. The van der Waals surface area contributed by atoms with E-state index in [-0.39, 0.29) is 11.2 Å². The zero-order chi connectivity index (χ0) is 16.0. The fourth-order valence-corrected chi connectivity index (χ4v) is 3.80. The molecule has 0 aromatic carbocycles. The lowest BCUT2D eigenvalue weighted by Crippen LogP contribution is -2.29. The number of rotatable bonds is 3. The summed E-state index contributed by atoms with van der Waals surface area (Å²) in [6.45, 7) is 2.61. The van der Waals surface area contributed by atoms with E-state index in [9.17, 15) is 4.79 Å². The molecule has 0 spiro atoms. The number of carbonyl (C=O) groups excluding carboxylic acids is 1. The summed E-state index contributed by atoms with van der Waals surface area (Å²) in [6, 6.07) is 1.93. The highest BCUT2D eigenvalue weighted by atomic mass is 32.2. The molecule has 0 saturated carbocycles. The SMILES string of the molecule is Cc1cc(N2CC[C@H](Sc3nc4ncncc4[nH]3)C2=O)n(C)n1. The summed E-state index contributed by atoms with van der Waals surface area (Å²) in [6.07, 6.45) is 3.92. The lowest BCUT2D eigenvalue weighted by molar-refractivity contribution is -0.116. The molecule has 23 heavy (non-hydrogen) atoms. The molecule has 4 rings (SSSR count). The van der Waals surface area contributed by atoms with E-state index >= 15 is 0 Å². The molecule has 8 nitrogen and oxygen atoms in total. The van der Waals surface area contributed by atoms with E-state index in [1.807, 2.05) is 20.0 Å². The Balaban J connectivity index is 1.54. The molecule has 1 aliphatic heterocycles. The van der Waals surface area contributed by atoms with Crippen molar-refractivity contribution in [3.63, 3.8) is 0 Å². The van der Waals surface area contributed by atoms with Gasteiger partial charge in [-0.25, -0.2) is 15.0 Å². The first kappa shape index (κ1) is 14.2. The molecule has 1 atom stereocenters. The van der Waals surface area contributed by atoms with E-state index in [2.05, 4.69) is 25.0 Å². The van der Waals surface area contributed by atoms with Gasteiger partial charge in [-0.15, -0.1) is 0 Å². The van der Waals surface area contributed by atoms with Crippen molar-refractivity contribution in [3.8, 4) is 0 Å². The molecule has 3 aromatic rings. The van der Waals surface area contributed by atoms with E-state index in [0.717, 1.165) is 23.4 Å². The van der Waals surface area contributed by atoms with Gasteiger partial charge in [0.15, 0.2) is 10.8 Å². The summed E-state index contributed by atoms with van der Waals surface area (Å²) in [5, 5.41) is 4.85. The third-order valence-corrected chi connectivity index (χ3v) is 4.94. The van der Waals surface area contributed by atoms with Gasteiger partial charge in [0, 0.05) is 19.7 Å². The van der Waals surface area contributed by atoms with Gasteiger partial charge in [0.2, 0.25) is 5.91 Å². The van der Waals surface area contributed by atoms with Crippen molar-refractivity contribution in [2.45, 2.75) is 23.8 Å². The zero-order valence-corrected chi connectivity index (χ0v) is 13.5. The van der Waals surface area contributed by atoms with E-state index in [4.69, 9.17) is 0 Å². The predicted molar refractivity (Wildman–Crippen MR) is 86.2 cm³/mol. The molecule has 4 heterocycles. The van der Waals surface area contributed by atoms with E-state index in [1.165, 1.54) is 18.1 Å². The molecular weight excluding hydrogens is 314 g/mol. The molecule has 1 aliphatic rings. The first-order chi connectivity index (χ1) is 11.1. The molecule has 3 aromatic heterocycles. The largest absolute Gasteiger partial charge is 0.330 e. The Labute approximate surface area is 136 Å². The van der Waals surface area contributed by atoms with Crippen LogP contribution in [-0.4, -0.2) is 47.4 Å². The maximum Gasteiger partial charge on any atom is 0.241 e. The van der Waals surface area contributed by atoms with Gasteiger partial charge in [-0.3, -0.25) is 14.4 Å². The number of hydrogen-bond acceptors (Lipinski definition) is 6. The average Bonchev–Trinajstić information content (AvgIpc) is 3.18. The lowest BCUT2D eigenvalue weighted by atomic mass is 10.4. The molecule has 1 saturated heterocycles. The van der Waals surface area contributed by atoms with Crippen LogP contribution in [0.25, 0.3) is 11.2 Å². The summed E-state index contributed by atoms with van der Waals surface area (Å²) in [5.74, 6) is 0.926. The highest BCUT2D eigenvalue weighted by Crippen LogP contribution is 2.32. The van der Waals surface area contributed by atoms with Crippen molar-refractivity contribution in [2.75, 3.05) is 11.4 Å². The molecule has 1 amide bonds. The molecule has 0 bridgehead atoms. The zero-order valence-electron chi connectivity index (χ0n) is 12.7. The Morgan fingerprint density at radius 1 is 1.43 bits per heavy atom. The number of amides is 1. The van der Waals surface area contributed by atoms with Crippen LogP contribution in [0.1, 0.15) is 12.1 Å². The highest BCUT2D eigenvalue weighted by molar-refractivity contribution is 8.00. The van der Waals surface area contributed by atoms with E-state index < -0.39 is 0 Å². The van der Waals surface area contributed by atoms with Crippen LogP contribution >= 0.6 is 11.8 Å². The second kappa shape index (κ2) is 5.34.